The summed E-state index contributed by atoms with van der Waals surface area (Å²) >= 11 is 11.7. The van der Waals surface area contributed by atoms with Gasteiger partial charge in [-0.2, -0.15) is 13.2 Å². The largest absolute Gasteiger partial charge is 0.425 e. The van der Waals surface area contributed by atoms with Gasteiger partial charge in [0.25, 0.3) is 22.9 Å². The zero-order valence-corrected chi connectivity index (χ0v) is 18.5. The Morgan fingerprint density at radius 3 is 2.29 bits per heavy atom. The molecule has 1 atom stereocenters. The highest BCUT2D eigenvalue weighted by Crippen LogP contribution is 2.45. The molecule has 0 fully saturated rings. The molecule has 0 saturated heterocycles. The number of hydrogen-bond donors (Lipinski definition) is 3. The van der Waals surface area contributed by atoms with Crippen LogP contribution < -0.4 is 21.9 Å². The molecule has 4 rings (SSSR count). The van der Waals surface area contributed by atoms with Gasteiger partial charge in [0.15, 0.2) is 0 Å². The summed E-state index contributed by atoms with van der Waals surface area (Å²) in [4.78, 5) is 52.6. The fraction of sp³-hybridized carbons (Fsp3) is 0.143. The van der Waals surface area contributed by atoms with Crippen molar-refractivity contribution in [1.82, 2.24) is 14.9 Å². The molecule has 13 heteroatoms. The Balaban J connectivity index is 1.97. The Kier molecular flexibility index (Phi) is 5.57. The van der Waals surface area contributed by atoms with Crippen molar-refractivity contribution in [2.24, 2.45) is 0 Å². The van der Waals surface area contributed by atoms with E-state index in [0.717, 1.165) is 17.7 Å². The summed E-state index contributed by atoms with van der Waals surface area (Å²) < 4.78 is 44.2. The summed E-state index contributed by atoms with van der Waals surface area (Å²) in [6.07, 6.45) is -5.49. The number of benzene rings is 2. The number of aromatic nitrogens is 2. The summed E-state index contributed by atoms with van der Waals surface area (Å²) in [6, 6.07) is 9.41. The molecule has 3 N–H and O–H groups in total. The lowest BCUT2D eigenvalue weighted by Crippen LogP contribution is -2.62. The van der Waals surface area contributed by atoms with E-state index in [1.165, 1.54) is 18.2 Å². The van der Waals surface area contributed by atoms with Crippen molar-refractivity contribution in [3.63, 3.8) is 0 Å². The number of halogens is 5. The van der Waals surface area contributed by atoms with Gasteiger partial charge < -0.3 is 10.6 Å². The molecule has 2 heterocycles. The van der Waals surface area contributed by atoms with E-state index >= 15 is 0 Å². The summed E-state index contributed by atoms with van der Waals surface area (Å²) in [6.45, 7) is 1.75. The molecule has 0 bridgehead atoms. The molecule has 0 spiro atoms. The number of amides is 2. The predicted molar refractivity (Wildman–Crippen MR) is 118 cm³/mol. The second-order valence-electron chi connectivity index (χ2n) is 7.43. The third-order valence-electron chi connectivity index (χ3n) is 5.25. The predicted octanol–water partition coefficient (Wildman–Crippen LogP) is 3.28. The van der Waals surface area contributed by atoms with Gasteiger partial charge in [-0.25, -0.2) is 9.36 Å². The number of carbonyl (C=O) groups excluding carboxylic acids is 2. The number of alkyl halides is 3. The number of aryl methyl sites for hydroxylation is 1. The third-order valence-corrected chi connectivity index (χ3v) is 5.80. The highest BCUT2D eigenvalue weighted by molar-refractivity contribution is 6.36. The van der Waals surface area contributed by atoms with Crippen LogP contribution in [0.1, 0.15) is 21.5 Å². The van der Waals surface area contributed by atoms with Crippen molar-refractivity contribution in [2.75, 3.05) is 5.32 Å². The maximum absolute atomic E-state index is 14.5. The van der Waals surface area contributed by atoms with Crippen molar-refractivity contribution in [1.29, 1.82) is 0 Å². The summed E-state index contributed by atoms with van der Waals surface area (Å²) in [5.74, 6) is -3.89. The van der Waals surface area contributed by atoms with E-state index in [2.05, 4.69) is 0 Å². The van der Waals surface area contributed by atoms with E-state index in [9.17, 15) is 32.3 Å². The lowest BCUT2D eigenvalue weighted by Gasteiger charge is -2.30. The number of nitrogens with zero attached hydrogens (tertiary/aromatic N) is 1. The molecule has 0 aliphatic carbocycles. The van der Waals surface area contributed by atoms with Gasteiger partial charge in [-0.05, 0) is 37.3 Å². The standard InChI is InChI=1S/C21H13Cl2F3N4O4/c1-9-2-5-11(6-3-9)30-15-14(17(32)28-19(30)34)20(18(33)27-15,21(24,25)26)29-16(31)12-7-4-10(22)8-13(12)23/h2-8H,1H3,(H,27,33)(H,29,31)(H,28,32,34)/t20-/m0/s1. The maximum Gasteiger partial charge on any atom is 0.425 e. The monoisotopic (exact) mass is 512 g/mol. The second kappa shape index (κ2) is 8.03. The van der Waals surface area contributed by atoms with Gasteiger partial charge in [-0.3, -0.25) is 19.4 Å². The molecule has 1 aliphatic heterocycles. The van der Waals surface area contributed by atoms with E-state index in [4.69, 9.17) is 23.2 Å². The average Bonchev–Trinajstić information content (AvgIpc) is 3.02. The number of fused-ring (bicyclic) bond motifs is 1. The SMILES string of the molecule is Cc1ccc(-n2c3c(c(=O)[nH]c2=O)[C@@](NC(=O)c2ccc(Cl)cc2Cl)(C(F)(F)F)C(=O)N3)cc1. The minimum atomic E-state index is -5.49. The first kappa shape index (κ1) is 23.6. The van der Waals surface area contributed by atoms with Gasteiger partial charge in [0, 0.05) is 5.02 Å². The fourth-order valence-corrected chi connectivity index (χ4v) is 4.12. The minimum Gasteiger partial charge on any atom is -0.326 e. The van der Waals surface area contributed by atoms with Gasteiger partial charge in [0.05, 0.1) is 16.3 Å². The van der Waals surface area contributed by atoms with Gasteiger partial charge in [0.1, 0.15) is 11.4 Å². The minimum absolute atomic E-state index is 0.0773. The van der Waals surface area contributed by atoms with Crippen LogP contribution in [-0.2, 0) is 10.3 Å². The molecule has 1 aliphatic rings. The number of nitrogens with one attached hydrogen (secondary N) is 3. The molecular formula is C21H13Cl2F3N4O4. The van der Waals surface area contributed by atoms with Gasteiger partial charge >= 0.3 is 11.9 Å². The molecule has 8 nitrogen and oxygen atoms in total. The Hall–Kier alpha value is -3.57. The lowest BCUT2D eigenvalue weighted by atomic mass is 9.91. The van der Waals surface area contributed by atoms with Crippen molar-refractivity contribution in [3.05, 3.63) is 90.0 Å². The number of anilines is 1. The molecule has 1 aromatic heterocycles. The van der Waals surface area contributed by atoms with Gasteiger partial charge in [-0.1, -0.05) is 40.9 Å². The van der Waals surface area contributed by atoms with E-state index in [0.29, 0.717) is 4.57 Å². The molecule has 34 heavy (non-hydrogen) atoms. The normalized spacial score (nSPS) is 17.3. The van der Waals surface area contributed by atoms with Crippen LogP contribution in [0.3, 0.4) is 0 Å². The first-order valence-corrected chi connectivity index (χ1v) is 10.2. The fourth-order valence-electron chi connectivity index (χ4n) is 3.63. The highest BCUT2D eigenvalue weighted by Gasteiger charge is 2.68. The molecule has 0 radical (unpaired) electrons. The van der Waals surface area contributed by atoms with Crippen molar-refractivity contribution < 1.29 is 22.8 Å². The van der Waals surface area contributed by atoms with Crippen LogP contribution in [0.2, 0.25) is 10.0 Å². The van der Waals surface area contributed by atoms with Crippen LogP contribution in [0.25, 0.3) is 5.69 Å². The Morgan fingerprint density at radius 2 is 1.71 bits per heavy atom. The summed E-state index contributed by atoms with van der Waals surface area (Å²) in [5.41, 5.74) is -7.13. The first-order valence-electron chi connectivity index (χ1n) is 9.49. The van der Waals surface area contributed by atoms with Crippen molar-refractivity contribution in [3.8, 4) is 5.69 Å². The molecule has 0 saturated carbocycles. The number of aromatic amines is 1. The van der Waals surface area contributed by atoms with Gasteiger partial charge in [0.2, 0.25) is 0 Å². The van der Waals surface area contributed by atoms with E-state index in [1.54, 1.807) is 29.4 Å². The maximum atomic E-state index is 14.5. The molecular weight excluding hydrogens is 500 g/mol. The van der Waals surface area contributed by atoms with E-state index < -0.39 is 51.7 Å². The topological polar surface area (TPSA) is 113 Å². The Labute approximate surface area is 198 Å². The Bertz CT molecular complexity index is 1460. The average molecular weight is 513 g/mol. The molecule has 3 aromatic rings. The zero-order chi connectivity index (χ0) is 25.0. The van der Waals surface area contributed by atoms with Crippen LogP contribution >= 0.6 is 23.2 Å². The quantitative estimate of drug-likeness (QED) is 0.499. The number of hydrogen-bond acceptors (Lipinski definition) is 4. The highest BCUT2D eigenvalue weighted by atomic mass is 35.5. The summed E-state index contributed by atoms with van der Waals surface area (Å²) in [7, 11) is 0. The van der Waals surface area contributed by atoms with Crippen LogP contribution in [0.5, 0.6) is 0 Å². The summed E-state index contributed by atoms with van der Waals surface area (Å²) in [5, 5.41) is 3.42. The van der Waals surface area contributed by atoms with E-state index in [-0.39, 0.29) is 15.7 Å². The van der Waals surface area contributed by atoms with Crippen LogP contribution in [0, 0.1) is 6.92 Å². The molecule has 0 unspecified atom stereocenters. The van der Waals surface area contributed by atoms with E-state index in [1.807, 2.05) is 5.32 Å². The molecule has 2 aromatic carbocycles. The van der Waals surface area contributed by atoms with Crippen LogP contribution in [-0.4, -0.2) is 27.5 Å². The number of rotatable bonds is 3. The first-order chi connectivity index (χ1) is 15.9. The smallest absolute Gasteiger partial charge is 0.326 e. The van der Waals surface area contributed by atoms with Crippen LogP contribution in [0.4, 0.5) is 19.0 Å². The molecule has 176 valence electrons. The van der Waals surface area contributed by atoms with Crippen molar-refractivity contribution in [2.45, 2.75) is 18.6 Å². The second-order valence-corrected chi connectivity index (χ2v) is 8.28. The molecule has 2 amide bonds. The third kappa shape index (κ3) is 3.57. The van der Waals surface area contributed by atoms with Crippen molar-refractivity contribution >= 4 is 40.8 Å². The number of carbonyl (C=O) groups is 2. The number of H-pyrrole nitrogens is 1. The zero-order valence-electron chi connectivity index (χ0n) is 17.0. The van der Waals surface area contributed by atoms with Gasteiger partial charge in [-0.15, -0.1) is 0 Å². The Morgan fingerprint density at radius 1 is 1.06 bits per heavy atom. The van der Waals surface area contributed by atoms with Crippen LogP contribution in [0.15, 0.2) is 52.1 Å². The lowest BCUT2D eigenvalue weighted by molar-refractivity contribution is -0.196.